The highest BCUT2D eigenvalue weighted by molar-refractivity contribution is 5.91. The first-order valence-electron chi connectivity index (χ1n) is 11.5. The Morgan fingerprint density at radius 2 is 1.82 bits per heavy atom. The van der Waals surface area contributed by atoms with Crippen LogP contribution in [0.3, 0.4) is 0 Å². The summed E-state index contributed by atoms with van der Waals surface area (Å²) in [5.41, 5.74) is 2.94. The van der Waals surface area contributed by atoms with E-state index in [0.717, 1.165) is 25.2 Å². The van der Waals surface area contributed by atoms with E-state index in [0.29, 0.717) is 42.3 Å². The second-order valence-electron chi connectivity index (χ2n) is 11.2. The van der Waals surface area contributed by atoms with E-state index in [-0.39, 0.29) is 22.4 Å². The van der Waals surface area contributed by atoms with Crippen molar-refractivity contribution in [1.29, 1.82) is 0 Å². The van der Waals surface area contributed by atoms with Crippen LogP contribution in [0.2, 0.25) is 0 Å². The Balaban J connectivity index is 1.31. The topological polar surface area (TPSA) is 43.4 Å². The molecule has 8 atom stereocenters. The molecule has 3 saturated carbocycles. The average Bonchev–Trinajstić information content (AvgIpc) is 3.55. The summed E-state index contributed by atoms with van der Waals surface area (Å²) in [6, 6.07) is 0. The summed E-state index contributed by atoms with van der Waals surface area (Å²) in [6.07, 6.45) is 12.5. The summed E-state index contributed by atoms with van der Waals surface area (Å²) in [5, 5.41) is 0. The molecule has 5 aliphatic carbocycles. The molecule has 1 spiro atoms. The molecule has 1 saturated heterocycles. The second-order valence-corrected chi connectivity index (χ2v) is 11.2. The van der Waals surface area contributed by atoms with Crippen molar-refractivity contribution in [3.8, 4) is 0 Å². The molecule has 2 unspecified atom stereocenters. The van der Waals surface area contributed by atoms with Crippen LogP contribution in [0.5, 0.6) is 0 Å². The molecule has 1 aliphatic heterocycles. The molecule has 0 aromatic heterocycles. The highest BCUT2D eigenvalue weighted by atomic mass is 16.6. The van der Waals surface area contributed by atoms with Crippen LogP contribution in [0.1, 0.15) is 72.1 Å². The zero-order valence-corrected chi connectivity index (χ0v) is 17.4. The molecule has 28 heavy (non-hydrogen) atoms. The van der Waals surface area contributed by atoms with Gasteiger partial charge in [0.05, 0.1) is 0 Å². The predicted octanol–water partition coefficient (Wildman–Crippen LogP) is 5.01. The minimum Gasteiger partial charge on any atom is -0.454 e. The maximum absolute atomic E-state index is 12.2. The number of allylic oxidation sites excluding steroid dienone is 3. The molecule has 0 amide bonds. The lowest BCUT2D eigenvalue weighted by atomic mass is 9.52. The quantitative estimate of drug-likeness (QED) is 0.500. The Hall–Kier alpha value is -1.38. The molecule has 0 aromatic carbocycles. The van der Waals surface area contributed by atoms with Crippen molar-refractivity contribution in [2.75, 3.05) is 0 Å². The summed E-state index contributed by atoms with van der Waals surface area (Å²) in [6.45, 7) is 7.20. The largest absolute Gasteiger partial charge is 0.454 e. The van der Waals surface area contributed by atoms with Gasteiger partial charge in [0.2, 0.25) is 0 Å². The van der Waals surface area contributed by atoms with Crippen molar-refractivity contribution < 1.29 is 14.3 Å². The van der Waals surface area contributed by atoms with Gasteiger partial charge >= 0.3 is 5.97 Å². The smallest absolute Gasteiger partial charge is 0.306 e. The fourth-order valence-corrected chi connectivity index (χ4v) is 8.02. The van der Waals surface area contributed by atoms with Gasteiger partial charge in [-0.05, 0) is 72.8 Å². The molecule has 0 N–H and O–H groups in total. The number of esters is 1. The number of hydrogen-bond donors (Lipinski definition) is 0. The minimum atomic E-state index is -0.280. The molecule has 6 rings (SSSR count). The summed E-state index contributed by atoms with van der Waals surface area (Å²) in [4.78, 5) is 24.3. The van der Waals surface area contributed by atoms with Crippen LogP contribution in [0.25, 0.3) is 0 Å². The zero-order valence-electron chi connectivity index (χ0n) is 17.4. The zero-order chi connectivity index (χ0) is 19.5. The number of ketones is 1. The monoisotopic (exact) mass is 380 g/mol. The summed E-state index contributed by atoms with van der Waals surface area (Å²) < 4.78 is 6.08. The first-order chi connectivity index (χ1) is 13.3. The number of ether oxygens (including phenoxy) is 1. The molecule has 0 radical (unpaired) electrons. The van der Waals surface area contributed by atoms with Gasteiger partial charge in [-0.3, -0.25) is 9.59 Å². The molecule has 150 valence electrons. The van der Waals surface area contributed by atoms with E-state index in [2.05, 4.69) is 26.8 Å². The lowest BCUT2D eigenvalue weighted by Gasteiger charge is -2.53. The second kappa shape index (κ2) is 5.21. The molecule has 6 aliphatic rings. The van der Waals surface area contributed by atoms with Crippen LogP contribution in [0, 0.1) is 40.4 Å². The molecule has 0 bridgehead atoms. The van der Waals surface area contributed by atoms with E-state index in [1.165, 1.54) is 30.4 Å². The fraction of sp³-hybridized carbons (Fsp3) is 0.760. The van der Waals surface area contributed by atoms with Crippen molar-refractivity contribution >= 4 is 11.8 Å². The number of carbonyl (C=O) groups excluding carboxylic acids is 2. The highest BCUT2D eigenvalue weighted by Crippen LogP contribution is 2.74. The predicted molar refractivity (Wildman–Crippen MR) is 106 cm³/mol. The molecule has 1 heterocycles. The SMILES string of the molecule is C[C@H]1C[C@H]1C1=CC(=O)CC[C@]1(C)C1CC[C@@]2(C)C(C1)[C@@H]1C=C1[C@@]21CCC(=O)O1. The van der Waals surface area contributed by atoms with E-state index >= 15 is 0 Å². The van der Waals surface area contributed by atoms with Crippen LogP contribution in [0.15, 0.2) is 23.3 Å². The van der Waals surface area contributed by atoms with Gasteiger partial charge in [-0.2, -0.15) is 0 Å². The molecular weight excluding hydrogens is 348 g/mol. The molecular formula is C25H32O3. The van der Waals surface area contributed by atoms with Crippen molar-refractivity contribution in [1.82, 2.24) is 0 Å². The molecule has 0 aromatic rings. The Morgan fingerprint density at radius 3 is 2.50 bits per heavy atom. The van der Waals surface area contributed by atoms with Crippen LogP contribution in [-0.2, 0) is 14.3 Å². The maximum atomic E-state index is 12.2. The van der Waals surface area contributed by atoms with Crippen molar-refractivity contribution in [3.05, 3.63) is 23.3 Å². The molecule has 3 heteroatoms. The van der Waals surface area contributed by atoms with Crippen LogP contribution in [-0.4, -0.2) is 17.4 Å². The Morgan fingerprint density at radius 1 is 1.04 bits per heavy atom. The summed E-state index contributed by atoms with van der Waals surface area (Å²) in [5.74, 6) is 3.56. The van der Waals surface area contributed by atoms with Gasteiger partial charge in [0.1, 0.15) is 5.60 Å². The summed E-state index contributed by atoms with van der Waals surface area (Å²) >= 11 is 0. The van der Waals surface area contributed by atoms with Gasteiger partial charge in [0.15, 0.2) is 5.78 Å². The number of fused-ring (bicyclic) bond motifs is 5. The van der Waals surface area contributed by atoms with Crippen molar-refractivity contribution in [3.63, 3.8) is 0 Å². The van der Waals surface area contributed by atoms with Gasteiger partial charge < -0.3 is 4.74 Å². The maximum Gasteiger partial charge on any atom is 0.306 e. The lowest BCUT2D eigenvalue weighted by molar-refractivity contribution is -0.158. The first kappa shape index (κ1) is 17.5. The van der Waals surface area contributed by atoms with E-state index < -0.39 is 0 Å². The third-order valence-electron chi connectivity index (χ3n) is 10.0. The van der Waals surface area contributed by atoms with Gasteiger partial charge in [-0.25, -0.2) is 0 Å². The highest BCUT2D eigenvalue weighted by Gasteiger charge is 2.73. The Kier molecular flexibility index (Phi) is 3.25. The molecule has 3 nitrogen and oxygen atoms in total. The van der Waals surface area contributed by atoms with E-state index in [1.54, 1.807) is 0 Å². The van der Waals surface area contributed by atoms with Gasteiger partial charge in [0, 0.05) is 30.6 Å². The Bertz CT molecular complexity index is 852. The number of rotatable bonds is 2. The number of carbonyl (C=O) groups is 2. The lowest BCUT2D eigenvalue weighted by Crippen LogP contribution is -2.51. The van der Waals surface area contributed by atoms with Crippen molar-refractivity contribution in [2.45, 2.75) is 77.7 Å². The van der Waals surface area contributed by atoms with Crippen LogP contribution < -0.4 is 0 Å². The minimum absolute atomic E-state index is 0.00115. The Labute approximate surface area is 168 Å². The standard InChI is InChI=1S/C25H32O3/c1-14-10-17(14)19-12-16(26)5-7-23(19,2)15-4-8-24(3)20(11-15)18-13-21(18)25(24)9-6-22(27)28-25/h12-15,17-18,20H,4-11H2,1-3H3/t14-,15?,17+,18-,20?,23+,24-,25-/m0/s1. The third kappa shape index (κ3) is 2.01. The normalized spacial score (nSPS) is 54.0. The van der Waals surface area contributed by atoms with Crippen LogP contribution >= 0.6 is 0 Å². The van der Waals surface area contributed by atoms with Gasteiger partial charge in [-0.1, -0.05) is 32.4 Å². The molecule has 4 fully saturated rings. The first-order valence-corrected chi connectivity index (χ1v) is 11.5. The van der Waals surface area contributed by atoms with Gasteiger partial charge in [-0.15, -0.1) is 0 Å². The van der Waals surface area contributed by atoms with E-state index in [9.17, 15) is 9.59 Å². The van der Waals surface area contributed by atoms with Crippen molar-refractivity contribution in [2.24, 2.45) is 40.4 Å². The third-order valence-corrected chi connectivity index (χ3v) is 10.0. The fourth-order valence-electron chi connectivity index (χ4n) is 8.02. The average molecular weight is 381 g/mol. The number of hydrogen-bond acceptors (Lipinski definition) is 3. The van der Waals surface area contributed by atoms with E-state index in [1.807, 2.05) is 6.08 Å². The van der Waals surface area contributed by atoms with Crippen LogP contribution in [0.4, 0.5) is 0 Å². The summed E-state index contributed by atoms with van der Waals surface area (Å²) in [7, 11) is 0. The van der Waals surface area contributed by atoms with E-state index in [4.69, 9.17) is 4.74 Å². The van der Waals surface area contributed by atoms with Gasteiger partial charge in [0.25, 0.3) is 0 Å².